The van der Waals surface area contributed by atoms with Gasteiger partial charge in [-0.05, 0) is 18.1 Å². The Hall–Kier alpha value is -3.32. The van der Waals surface area contributed by atoms with Gasteiger partial charge in [0, 0.05) is 38.3 Å². The van der Waals surface area contributed by atoms with Crippen LogP contribution in [0.2, 0.25) is 0 Å². The van der Waals surface area contributed by atoms with Crippen LogP contribution in [-0.2, 0) is 0 Å². The number of hydrogen-bond acceptors (Lipinski definition) is 2. The molecule has 3 aromatic rings. The Morgan fingerprint density at radius 1 is 0.844 bits per heavy atom. The highest BCUT2D eigenvalue weighted by Crippen LogP contribution is 2.30. The van der Waals surface area contributed by atoms with Crippen LogP contribution in [0.5, 0.6) is 0 Å². The number of benzene rings is 3. The number of amides is 2. The van der Waals surface area contributed by atoms with Gasteiger partial charge in [0.2, 0.25) is 0 Å². The number of rotatable bonds is 4. The van der Waals surface area contributed by atoms with Crippen LogP contribution in [0.25, 0.3) is 0 Å². The number of nitrogens with zero attached hydrogens (tertiary/aromatic N) is 2. The average Bonchev–Trinajstić information content (AvgIpc) is 2.79. The molecule has 1 N–H and O–H groups in total. The molecule has 3 aromatic carbocycles. The van der Waals surface area contributed by atoms with E-state index in [1.165, 1.54) is 10.5 Å². The molecule has 0 radical (unpaired) electrons. The molecule has 0 aliphatic carbocycles. The Kier molecular flexibility index (Phi) is 6.46. The molecule has 1 fully saturated rings. The molecule has 1 saturated heterocycles. The first kappa shape index (κ1) is 21.9. The fraction of sp³-hybridized carbons (Fsp3) is 0.240. The lowest BCUT2D eigenvalue weighted by Crippen LogP contribution is -2.51. The minimum atomic E-state index is -1.14. The number of anilines is 1. The summed E-state index contributed by atoms with van der Waals surface area (Å²) in [6.07, 6.45) is 0. The van der Waals surface area contributed by atoms with Gasteiger partial charge in [-0.1, -0.05) is 60.2 Å². The lowest BCUT2D eigenvalue weighted by molar-refractivity contribution is 0.126. The van der Waals surface area contributed by atoms with Crippen molar-refractivity contribution in [3.8, 4) is 0 Å². The van der Waals surface area contributed by atoms with Crippen molar-refractivity contribution in [2.45, 2.75) is 13.0 Å². The van der Waals surface area contributed by atoms with E-state index in [-0.39, 0.29) is 6.04 Å². The molecular formula is C25H24F3N3O. The van der Waals surface area contributed by atoms with Crippen LogP contribution >= 0.6 is 0 Å². The first-order chi connectivity index (χ1) is 15.4. The number of urea groups is 1. The van der Waals surface area contributed by atoms with Crippen LogP contribution in [0.15, 0.2) is 66.7 Å². The summed E-state index contributed by atoms with van der Waals surface area (Å²) in [6.45, 7) is 4.02. The SMILES string of the molecule is Cc1ccc([C@@H](c2ccccc2)N2CCN(C(=O)Nc3c(F)cc(F)cc3F)CC2)cc1. The van der Waals surface area contributed by atoms with E-state index in [0.29, 0.717) is 38.3 Å². The second-order valence-electron chi connectivity index (χ2n) is 7.92. The Morgan fingerprint density at radius 3 is 2.00 bits per heavy atom. The number of aryl methyl sites for hydroxylation is 1. The predicted octanol–water partition coefficient (Wildman–Crippen LogP) is 5.35. The van der Waals surface area contributed by atoms with Crippen LogP contribution in [-0.4, -0.2) is 42.0 Å². The van der Waals surface area contributed by atoms with E-state index in [1.54, 1.807) is 0 Å². The molecule has 1 heterocycles. The summed E-state index contributed by atoms with van der Waals surface area (Å²) in [7, 11) is 0. The van der Waals surface area contributed by atoms with Gasteiger partial charge >= 0.3 is 6.03 Å². The van der Waals surface area contributed by atoms with E-state index in [2.05, 4.69) is 46.6 Å². The van der Waals surface area contributed by atoms with Crippen molar-refractivity contribution in [3.05, 3.63) is 101 Å². The molecule has 1 aliphatic rings. The fourth-order valence-electron chi connectivity index (χ4n) is 4.03. The van der Waals surface area contributed by atoms with E-state index in [0.717, 1.165) is 11.1 Å². The minimum Gasteiger partial charge on any atom is -0.322 e. The van der Waals surface area contributed by atoms with Gasteiger partial charge in [-0.15, -0.1) is 0 Å². The first-order valence-corrected chi connectivity index (χ1v) is 10.5. The molecular weight excluding hydrogens is 415 g/mol. The maximum Gasteiger partial charge on any atom is 0.322 e. The molecule has 2 amide bonds. The van der Waals surface area contributed by atoms with E-state index in [4.69, 9.17) is 0 Å². The lowest BCUT2D eigenvalue weighted by atomic mass is 9.95. The molecule has 0 saturated carbocycles. The zero-order valence-corrected chi connectivity index (χ0v) is 17.7. The second-order valence-corrected chi connectivity index (χ2v) is 7.92. The Morgan fingerprint density at radius 2 is 1.41 bits per heavy atom. The van der Waals surface area contributed by atoms with Crippen LogP contribution in [0, 0.1) is 24.4 Å². The van der Waals surface area contributed by atoms with Crippen molar-refractivity contribution in [1.82, 2.24) is 9.80 Å². The number of piperazine rings is 1. The number of nitrogens with one attached hydrogen (secondary N) is 1. The number of carbonyl (C=O) groups excluding carboxylic acids is 1. The minimum absolute atomic E-state index is 0.0361. The molecule has 166 valence electrons. The predicted molar refractivity (Wildman–Crippen MR) is 118 cm³/mol. The number of carbonyl (C=O) groups is 1. The Labute approximate surface area is 185 Å². The van der Waals surface area contributed by atoms with Crippen LogP contribution in [0.1, 0.15) is 22.7 Å². The summed E-state index contributed by atoms with van der Waals surface area (Å²) >= 11 is 0. The molecule has 0 spiro atoms. The van der Waals surface area contributed by atoms with Crippen LogP contribution < -0.4 is 5.32 Å². The monoisotopic (exact) mass is 439 g/mol. The van der Waals surface area contributed by atoms with Gasteiger partial charge < -0.3 is 10.2 Å². The van der Waals surface area contributed by atoms with Gasteiger partial charge in [-0.25, -0.2) is 18.0 Å². The average molecular weight is 439 g/mol. The van der Waals surface area contributed by atoms with E-state index < -0.39 is 29.2 Å². The third-order valence-electron chi connectivity index (χ3n) is 5.71. The van der Waals surface area contributed by atoms with Crippen LogP contribution in [0.4, 0.5) is 23.7 Å². The lowest BCUT2D eigenvalue weighted by Gasteiger charge is -2.39. The smallest absolute Gasteiger partial charge is 0.322 e. The molecule has 1 atom stereocenters. The quantitative estimate of drug-likeness (QED) is 0.595. The van der Waals surface area contributed by atoms with Crippen molar-refractivity contribution in [1.29, 1.82) is 0 Å². The highest BCUT2D eigenvalue weighted by molar-refractivity contribution is 5.89. The third-order valence-corrected chi connectivity index (χ3v) is 5.71. The summed E-state index contributed by atoms with van der Waals surface area (Å²) < 4.78 is 40.9. The van der Waals surface area contributed by atoms with Crippen molar-refractivity contribution in [3.63, 3.8) is 0 Å². The van der Waals surface area contributed by atoms with Gasteiger partial charge in [0.05, 0.1) is 6.04 Å². The largest absolute Gasteiger partial charge is 0.322 e. The van der Waals surface area contributed by atoms with Gasteiger partial charge in [-0.3, -0.25) is 4.90 Å². The van der Waals surface area contributed by atoms with Crippen molar-refractivity contribution in [2.75, 3.05) is 31.5 Å². The summed E-state index contributed by atoms with van der Waals surface area (Å²) in [5, 5.41) is 2.24. The molecule has 4 nitrogen and oxygen atoms in total. The molecule has 0 bridgehead atoms. The zero-order valence-electron chi connectivity index (χ0n) is 17.7. The summed E-state index contributed by atoms with van der Waals surface area (Å²) in [5.41, 5.74) is 2.86. The maximum atomic E-state index is 13.9. The Bertz CT molecular complexity index is 1060. The molecule has 1 aliphatic heterocycles. The number of hydrogen-bond donors (Lipinski definition) is 1. The Balaban J connectivity index is 1.47. The van der Waals surface area contributed by atoms with Gasteiger partial charge in [0.1, 0.15) is 11.5 Å². The fourth-order valence-corrected chi connectivity index (χ4v) is 4.03. The van der Waals surface area contributed by atoms with Crippen molar-refractivity contribution in [2.24, 2.45) is 0 Å². The molecule has 0 unspecified atom stereocenters. The van der Waals surface area contributed by atoms with Gasteiger partial charge in [0.25, 0.3) is 0 Å². The summed E-state index contributed by atoms with van der Waals surface area (Å²) in [5.74, 6) is -3.31. The van der Waals surface area contributed by atoms with E-state index in [1.807, 2.05) is 25.1 Å². The maximum absolute atomic E-state index is 13.9. The highest BCUT2D eigenvalue weighted by Gasteiger charge is 2.29. The van der Waals surface area contributed by atoms with Crippen molar-refractivity contribution >= 4 is 11.7 Å². The van der Waals surface area contributed by atoms with Crippen molar-refractivity contribution < 1.29 is 18.0 Å². The summed E-state index contributed by atoms with van der Waals surface area (Å²) in [6, 6.07) is 19.1. The second kappa shape index (κ2) is 9.44. The van der Waals surface area contributed by atoms with Gasteiger partial charge in [-0.2, -0.15) is 0 Å². The van der Waals surface area contributed by atoms with E-state index >= 15 is 0 Å². The standard InChI is InChI=1S/C25H24F3N3O/c1-17-7-9-19(10-8-17)24(18-5-3-2-4-6-18)30-11-13-31(14-12-30)25(32)29-23-21(27)15-20(26)16-22(23)28/h2-10,15-16,24H,11-14H2,1H3,(H,29,32)/t24-/m1/s1. The van der Waals surface area contributed by atoms with Gasteiger partial charge in [0.15, 0.2) is 11.6 Å². The zero-order chi connectivity index (χ0) is 22.7. The summed E-state index contributed by atoms with van der Waals surface area (Å²) in [4.78, 5) is 16.4. The van der Waals surface area contributed by atoms with E-state index in [9.17, 15) is 18.0 Å². The first-order valence-electron chi connectivity index (χ1n) is 10.5. The van der Waals surface area contributed by atoms with Crippen LogP contribution in [0.3, 0.4) is 0 Å². The normalized spacial score (nSPS) is 15.4. The molecule has 4 rings (SSSR count). The number of halogens is 3. The highest BCUT2D eigenvalue weighted by atomic mass is 19.1. The third kappa shape index (κ3) is 4.78. The molecule has 0 aromatic heterocycles. The molecule has 7 heteroatoms. The topological polar surface area (TPSA) is 35.6 Å². The molecule has 32 heavy (non-hydrogen) atoms.